The molecule has 0 radical (unpaired) electrons. The monoisotopic (exact) mass is 392 g/mol. The van der Waals surface area contributed by atoms with Crippen LogP contribution in [0.2, 0.25) is 0 Å². The normalized spacial score (nSPS) is 24.3. The summed E-state index contributed by atoms with van der Waals surface area (Å²) in [5.41, 5.74) is 3.47. The molecule has 0 aliphatic carbocycles. The van der Waals surface area contributed by atoms with Crippen LogP contribution < -0.4 is 9.47 Å². The quantitative estimate of drug-likeness (QED) is 0.786. The number of ether oxygens (including phenoxy) is 2. The number of fused-ring (bicyclic) bond motifs is 1. The van der Waals surface area contributed by atoms with Crippen molar-refractivity contribution < 1.29 is 14.3 Å². The fourth-order valence-electron chi connectivity index (χ4n) is 4.91. The lowest BCUT2D eigenvalue weighted by Gasteiger charge is -2.28. The molecule has 2 atom stereocenters. The molecule has 2 fully saturated rings. The first-order chi connectivity index (χ1) is 14.2. The summed E-state index contributed by atoms with van der Waals surface area (Å²) in [6, 6.07) is 14.8. The van der Waals surface area contributed by atoms with Crippen LogP contribution in [0.1, 0.15) is 37.3 Å². The molecular formula is C24H28N2O3. The third kappa shape index (κ3) is 3.60. The summed E-state index contributed by atoms with van der Waals surface area (Å²) >= 11 is 0. The number of benzene rings is 2. The van der Waals surface area contributed by atoms with Crippen molar-refractivity contribution in [1.29, 1.82) is 0 Å². The van der Waals surface area contributed by atoms with E-state index in [-0.39, 0.29) is 12.0 Å². The number of carbonyl (C=O) groups is 1. The van der Waals surface area contributed by atoms with Gasteiger partial charge in [0.15, 0.2) is 11.5 Å². The molecule has 2 aromatic carbocycles. The minimum Gasteiger partial charge on any atom is -0.454 e. The van der Waals surface area contributed by atoms with Gasteiger partial charge in [0, 0.05) is 13.6 Å². The van der Waals surface area contributed by atoms with E-state index in [2.05, 4.69) is 35.2 Å². The lowest BCUT2D eigenvalue weighted by Crippen LogP contribution is -2.36. The van der Waals surface area contributed by atoms with Gasteiger partial charge < -0.3 is 19.3 Å². The van der Waals surface area contributed by atoms with Gasteiger partial charge in [0.05, 0.1) is 12.0 Å². The summed E-state index contributed by atoms with van der Waals surface area (Å²) in [5, 5.41) is 0. The molecule has 5 nitrogen and oxygen atoms in total. The van der Waals surface area contributed by atoms with E-state index in [1.54, 1.807) is 0 Å². The predicted octanol–water partition coefficient (Wildman–Crippen LogP) is 4.09. The van der Waals surface area contributed by atoms with Gasteiger partial charge in [-0.3, -0.25) is 4.79 Å². The van der Waals surface area contributed by atoms with E-state index < -0.39 is 0 Å². The predicted molar refractivity (Wildman–Crippen MR) is 112 cm³/mol. The molecule has 0 aromatic heterocycles. The number of rotatable bonds is 4. The Bertz CT molecular complexity index is 889. The smallest absolute Gasteiger partial charge is 0.231 e. The van der Waals surface area contributed by atoms with Crippen LogP contribution in [0.3, 0.4) is 0 Å². The van der Waals surface area contributed by atoms with Gasteiger partial charge in [0.2, 0.25) is 12.7 Å². The lowest BCUT2D eigenvalue weighted by molar-refractivity contribution is -0.131. The Morgan fingerprint density at radius 3 is 2.45 bits per heavy atom. The van der Waals surface area contributed by atoms with Crippen LogP contribution in [0.5, 0.6) is 11.5 Å². The second-order valence-electron chi connectivity index (χ2n) is 8.45. The number of carbonyl (C=O) groups excluding carboxylic acids is 1. The molecule has 0 N–H and O–H groups in total. The molecule has 0 saturated carbocycles. The molecule has 5 heteroatoms. The molecular weight excluding hydrogens is 364 g/mol. The maximum atomic E-state index is 12.8. The van der Waals surface area contributed by atoms with Crippen molar-refractivity contribution in [3.05, 3.63) is 48.0 Å². The topological polar surface area (TPSA) is 42.0 Å². The highest BCUT2D eigenvalue weighted by Gasteiger charge is 2.38. The first kappa shape index (κ1) is 18.5. The Labute approximate surface area is 172 Å². The van der Waals surface area contributed by atoms with Crippen molar-refractivity contribution in [2.45, 2.75) is 31.7 Å². The molecule has 152 valence electrons. The number of likely N-dealkylation sites (tertiary alicyclic amines) is 2. The first-order valence-corrected chi connectivity index (χ1v) is 10.7. The average Bonchev–Trinajstić information content (AvgIpc) is 3.34. The van der Waals surface area contributed by atoms with Gasteiger partial charge >= 0.3 is 0 Å². The summed E-state index contributed by atoms with van der Waals surface area (Å²) in [4.78, 5) is 17.3. The minimum absolute atomic E-state index is 0.122. The van der Waals surface area contributed by atoms with Gasteiger partial charge in [0.1, 0.15) is 0 Å². The zero-order valence-corrected chi connectivity index (χ0v) is 17.0. The van der Waals surface area contributed by atoms with Gasteiger partial charge in [-0.1, -0.05) is 36.8 Å². The molecule has 0 bridgehead atoms. The standard InChI is InChI=1S/C24H28N2O3/c1-25-21(13-20(24(25)27)15-26-11-3-2-4-12-26)18-7-5-17(6-8-18)19-9-10-22-23(14-19)29-16-28-22/h5-10,14,20-21H,2-4,11-13,15-16H2,1H3. The van der Waals surface area contributed by atoms with Gasteiger partial charge in [0.25, 0.3) is 0 Å². The fourth-order valence-corrected chi connectivity index (χ4v) is 4.91. The maximum Gasteiger partial charge on any atom is 0.231 e. The zero-order valence-electron chi connectivity index (χ0n) is 17.0. The van der Waals surface area contributed by atoms with Crippen LogP contribution in [-0.4, -0.2) is 49.2 Å². The largest absolute Gasteiger partial charge is 0.454 e. The number of amides is 1. The van der Waals surface area contributed by atoms with Crippen molar-refractivity contribution >= 4 is 5.91 Å². The molecule has 1 amide bonds. The molecule has 5 rings (SSSR count). The molecule has 29 heavy (non-hydrogen) atoms. The van der Waals surface area contributed by atoms with E-state index in [0.717, 1.165) is 48.7 Å². The highest BCUT2D eigenvalue weighted by molar-refractivity contribution is 5.82. The van der Waals surface area contributed by atoms with Gasteiger partial charge in [-0.15, -0.1) is 0 Å². The van der Waals surface area contributed by atoms with E-state index in [0.29, 0.717) is 12.7 Å². The molecule has 2 saturated heterocycles. The van der Waals surface area contributed by atoms with E-state index in [4.69, 9.17) is 9.47 Å². The Morgan fingerprint density at radius 1 is 0.931 bits per heavy atom. The molecule has 0 spiro atoms. The minimum atomic E-state index is 0.122. The van der Waals surface area contributed by atoms with Crippen LogP contribution in [0.4, 0.5) is 0 Å². The summed E-state index contributed by atoms with van der Waals surface area (Å²) in [5.74, 6) is 2.02. The fraction of sp³-hybridized carbons (Fsp3) is 0.458. The SMILES string of the molecule is CN1C(=O)C(CN2CCCCC2)CC1c1ccc(-c2ccc3c(c2)OCO3)cc1. The van der Waals surface area contributed by atoms with E-state index in [1.807, 2.05) is 24.1 Å². The second kappa shape index (κ2) is 7.71. The van der Waals surface area contributed by atoms with Crippen LogP contribution in [0, 0.1) is 5.92 Å². The number of piperidine rings is 1. The van der Waals surface area contributed by atoms with Crippen molar-refractivity contribution in [3.8, 4) is 22.6 Å². The van der Waals surface area contributed by atoms with Crippen molar-refractivity contribution in [2.24, 2.45) is 5.92 Å². The van der Waals surface area contributed by atoms with E-state index in [9.17, 15) is 4.79 Å². The lowest BCUT2D eigenvalue weighted by atomic mass is 9.96. The summed E-state index contributed by atoms with van der Waals surface area (Å²) in [6.07, 6.45) is 4.77. The van der Waals surface area contributed by atoms with Crippen LogP contribution in [-0.2, 0) is 4.79 Å². The Kier molecular flexibility index (Phi) is 4.92. The van der Waals surface area contributed by atoms with Crippen molar-refractivity contribution in [3.63, 3.8) is 0 Å². The molecule has 2 unspecified atom stereocenters. The van der Waals surface area contributed by atoms with Crippen molar-refractivity contribution in [1.82, 2.24) is 9.80 Å². The van der Waals surface area contributed by atoms with E-state index >= 15 is 0 Å². The van der Waals surface area contributed by atoms with Crippen LogP contribution >= 0.6 is 0 Å². The second-order valence-corrected chi connectivity index (χ2v) is 8.45. The van der Waals surface area contributed by atoms with Gasteiger partial charge in [-0.25, -0.2) is 0 Å². The van der Waals surface area contributed by atoms with Crippen molar-refractivity contribution in [2.75, 3.05) is 33.5 Å². The summed E-state index contributed by atoms with van der Waals surface area (Å²) < 4.78 is 10.9. The molecule has 3 heterocycles. The van der Waals surface area contributed by atoms with Crippen LogP contribution in [0.15, 0.2) is 42.5 Å². The van der Waals surface area contributed by atoms with Crippen LogP contribution in [0.25, 0.3) is 11.1 Å². The first-order valence-electron chi connectivity index (χ1n) is 10.7. The number of hydrogen-bond donors (Lipinski definition) is 0. The Morgan fingerprint density at radius 2 is 1.66 bits per heavy atom. The number of hydrogen-bond acceptors (Lipinski definition) is 4. The highest BCUT2D eigenvalue weighted by atomic mass is 16.7. The molecule has 3 aliphatic rings. The zero-order chi connectivity index (χ0) is 19.8. The Balaban J connectivity index is 1.30. The van der Waals surface area contributed by atoms with Gasteiger partial charge in [-0.2, -0.15) is 0 Å². The third-order valence-electron chi connectivity index (χ3n) is 6.60. The summed E-state index contributed by atoms with van der Waals surface area (Å²) in [6.45, 7) is 3.48. The van der Waals surface area contributed by atoms with E-state index in [1.165, 1.54) is 24.8 Å². The third-order valence-corrected chi connectivity index (χ3v) is 6.60. The average molecular weight is 392 g/mol. The van der Waals surface area contributed by atoms with Gasteiger partial charge in [-0.05, 0) is 61.2 Å². The summed E-state index contributed by atoms with van der Waals surface area (Å²) in [7, 11) is 1.95. The molecule has 2 aromatic rings. The molecule has 3 aliphatic heterocycles. The Hall–Kier alpha value is -2.53. The maximum absolute atomic E-state index is 12.8. The number of nitrogens with zero attached hydrogens (tertiary/aromatic N) is 2. The highest BCUT2D eigenvalue weighted by Crippen LogP contribution is 2.38.